The number of hydrogen-bond donors (Lipinski definition) is 1. The van der Waals surface area contributed by atoms with E-state index in [4.69, 9.17) is 4.42 Å². The molecular formula is C29H25N3O5S. The van der Waals surface area contributed by atoms with Crippen LogP contribution in [0.3, 0.4) is 0 Å². The lowest BCUT2D eigenvalue weighted by Gasteiger charge is -2.11. The fraction of sp³-hybridized carbons (Fsp3) is 0.172. The molecule has 3 amide bonds. The molecule has 1 aliphatic heterocycles. The highest BCUT2D eigenvalue weighted by atomic mass is 32.2. The molecule has 0 unspecified atom stereocenters. The average molecular weight is 528 g/mol. The van der Waals surface area contributed by atoms with Gasteiger partial charge in [-0.05, 0) is 42.0 Å². The number of nitrogens with one attached hydrogen (secondary N) is 1. The molecule has 8 nitrogen and oxygen atoms in total. The number of fused-ring (bicyclic) bond motifs is 1. The molecule has 1 N–H and O–H groups in total. The van der Waals surface area contributed by atoms with Crippen molar-refractivity contribution >= 4 is 51.6 Å². The number of carbonyl (C=O) groups is 4. The van der Waals surface area contributed by atoms with E-state index in [0.717, 1.165) is 39.5 Å². The van der Waals surface area contributed by atoms with Crippen molar-refractivity contribution in [3.63, 3.8) is 0 Å². The number of benzene rings is 2. The smallest absolute Gasteiger partial charge is 0.293 e. The van der Waals surface area contributed by atoms with Crippen LogP contribution in [0.5, 0.6) is 0 Å². The zero-order valence-electron chi connectivity index (χ0n) is 20.7. The third-order valence-corrected chi connectivity index (χ3v) is 7.21. The van der Waals surface area contributed by atoms with Gasteiger partial charge in [-0.2, -0.15) is 0 Å². The Balaban J connectivity index is 1.40. The first-order valence-electron chi connectivity index (χ1n) is 12.2. The molecule has 9 heteroatoms. The first kappa shape index (κ1) is 25.3. The van der Waals surface area contributed by atoms with E-state index in [1.165, 1.54) is 0 Å². The van der Waals surface area contributed by atoms with E-state index in [-0.39, 0.29) is 36.2 Å². The van der Waals surface area contributed by atoms with E-state index in [1.54, 1.807) is 54.8 Å². The molecule has 3 heterocycles. The van der Waals surface area contributed by atoms with Gasteiger partial charge in [-0.1, -0.05) is 55.5 Å². The SMILES string of the molecule is CCc1cccc2c(/C=C3\SC(=O)N(CC(=O)c4ccccc4)C3=O)cn(CC(=O)NCc3ccco3)c12. The molecule has 38 heavy (non-hydrogen) atoms. The third-order valence-electron chi connectivity index (χ3n) is 6.31. The van der Waals surface area contributed by atoms with E-state index in [1.807, 2.05) is 35.9 Å². The maximum absolute atomic E-state index is 13.1. The zero-order valence-corrected chi connectivity index (χ0v) is 21.5. The van der Waals surface area contributed by atoms with Crippen LogP contribution >= 0.6 is 11.8 Å². The molecule has 2 aromatic heterocycles. The van der Waals surface area contributed by atoms with E-state index in [0.29, 0.717) is 16.9 Å². The van der Waals surface area contributed by atoms with Crippen LogP contribution in [0, 0.1) is 0 Å². The van der Waals surface area contributed by atoms with Gasteiger partial charge in [0, 0.05) is 22.7 Å². The summed E-state index contributed by atoms with van der Waals surface area (Å²) in [5.74, 6) is -0.338. The Hall–Kier alpha value is -4.37. The molecule has 0 bridgehead atoms. The minimum absolute atomic E-state index is 0.0785. The molecule has 0 saturated carbocycles. The number of para-hydroxylation sites is 1. The van der Waals surface area contributed by atoms with Gasteiger partial charge in [0.25, 0.3) is 11.1 Å². The fourth-order valence-corrected chi connectivity index (χ4v) is 5.27. The van der Waals surface area contributed by atoms with Crippen molar-refractivity contribution in [3.8, 4) is 0 Å². The summed E-state index contributed by atoms with van der Waals surface area (Å²) >= 11 is 0.809. The van der Waals surface area contributed by atoms with Gasteiger partial charge in [0.05, 0.1) is 29.8 Å². The number of rotatable bonds is 9. The second kappa shape index (κ2) is 10.9. The van der Waals surface area contributed by atoms with Crippen molar-refractivity contribution < 1.29 is 23.6 Å². The number of furan rings is 1. The first-order chi connectivity index (χ1) is 18.4. The summed E-state index contributed by atoms with van der Waals surface area (Å²) in [5, 5.41) is 3.24. The summed E-state index contributed by atoms with van der Waals surface area (Å²) in [6.07, 6.45) is 5.79. The summed E-state index contributed by atoms with van der Waals surface area (Å²) in [6, 6.07) is 18.0. The van der Waals surface area contributed by atoms with Crippen molar-refractivity contribution in [2.24, 2.45) is 0 Å². The van der Waals surface area contributed by atoms with Gasteiger partial charge in [0.1, 0.15) is 12.3 Å². The van der Waals surface area contributed by atoms with E-state index >= 15 is 0 Å². The van der Waals surface area contributed by atoms with Crippen molar-refractivity contribution in [1.29, 1.82) is 0 Å². The average Bonchev–Trinajstić information content (AvgIpc) is 3.64. The lowest BCUT2D eigenvalue weighted by atomic mass is 10.1. The Kier molecular flexibility index (Phi) is 7.28. The van der Waals surface area contributed by atoms with Crippen LogP contribution in [0.1, 0.15) is 34.2 Å². The second-order valence-corrected chi connectivity index (χ2v) is 9.79. The fourth-order valence-electron chi connectivity index (χ4n) is 4.44. The van der Waals surface area contributed by atoms with Crippen LogP contribution in [0.4, 0.5) is 4.79 Å². The highest BCUT2D eigenvalue weighted by molar-refractivity contribution is 8.18. The van der Waals surface area contributed by atoms with Crippen LogP contribution in [-0.2, 0) is 29.1 Å². The summed E-state index contributed by atoms with van der Waals surface area (Å²) in [6.45, 7) is 2.09. The van der Waals surface area contributed by atoms with Gasteiger partial charge in [-0.15, -0.1) is 0 Å². The van der Waals surface area contributed by atoms with Crippen molar-refractivity contribution in [2.75, 3.05) is 6.54 Å². The van der Waals surface area contributed by atoms with Gasteiger partial charge >= 0.3 is 0 Å². The third kappa shape index (κ3) is 5.19. The molecule has 0 radical (unpaired) electrons. The molecule has 2 aromatic carbocycles. The Labute approximate surface area is 223 Å². The number of Topliss-reactive ketones (excluding diaryl/α,β-unsaturated/α-hetero) is 1. The van der Waals surface area contributed by atoms with Crippen molar-refractivity contribution in [2.45, 2.75) is 26.4 Å². The van der Waals surface area contributed by atoms with Gasteiger partial charge in [-0.3, -0.25) is 24.1 Å². The van der Waals surface area contributed by atoms with Crippen LogP contribution in [0.2, 0.25) is 0 Å². The van der Waals surface area contributed by atoms with Crippen molar-refractivity contribution in [3.05, 3.63) is 100 Å². The van der Waals surface area contributed by atoms with Crippen LogP contribution in [-0.4, -0.2) is 38.8 Å². The Morgan fingerprint density at radius 1 is 1.00 bits per heavy atom. The molecular weight excluding hydrogens is 502 g/mol. The summed E-state index contributed by atoms with van der Waals surface area (Å²) in [7, 11) is 0. The number of imide groups is 1. The molecule has 0 aliphatic carbocycles. The van der Waals surface area contributed by atoms with Crippen LogP contribution < -0.4 is 5.32 Å². The monoisotopic (exact) mass is 527 g/mol. The van der Waals surface area contributed by atoms with E-state index in [9.17, 15) is 19.2 Å². The number of amides is 3. The number of aromatic nitrogens is 1. The lowest BCUT2D eigenvalue weighted by Crippen LogP contribution is -2.33. The Morgan fingerprint density at radius 2 is 1.82 bits per heavy atom. The Bertz CT molecular complexity index is 1550. The number of aryl methyl sites for hydroxylation is 1. The number of nitrogens with zero attached hydrogens (tertiary/aromatic N) is 2. The van der Waals surface area contributed by atoms with Gasteiger partial charge in [-0.25, -0.2) is 0 Å². The minimum atomic E-state index is -0.506. The topological polar surface area (TPSA) is 102 Å². The molecule has 1 fully saturated rings. The Morgan fingerprint density at radius 3 is 2.55 bits per heavy atom. The van der Waals surface area contributed by atoms with E-state index < -0.39 is 11.1 Å². The van der Waals surface area contributed by atoms with Crippen LogP contribution in [0.15, 0.2) is 82.4 Å². The maximum atomic E-state index is 13.1. The predicted octanol–water partition coefficient (Wildman–Crippen LogP) is 5.03. The highest BCUT2D eigenvalue weighted by Gasteiger charge is 2.36. The summed E-state index contributed by atoms with van der Waals surface area (Å²) in [4.78, 5) is 52.3. The summed E-state index contributed by atoms with van der Waals surface area (Å²) in [5.41, 5.74) is 3.11. The standard InChI is InChI=1S/C29H25N3O5S/c1-2-19-10-6-12-23-21(16-31(27(19)23)18-26(34)30-15-22-11-7-13-37-22)14-25-28(35)32(29(36)38-25)17-24(33)20-8-4-3-5-9-20/h3-14,16H,2,15,17-18H2,1H3,(H,30,34)/b25-14-. The molecule has 192 valence electrons. The zero-order chi connectivity index (χ0) is 26.6. The molecule has 0 atom stereocenters. The van der Waals surface area contributed by atoms with Crippen molar-refractivity contribution in [1.82, 2.24) is 14.8 Å². The number of ketones is 1. The molecule has 1 saturated heterocycles. The molecule has 1 aliphatic rings. The second-order valence-electron chi connectivity index (χ2n) is 8.79. The quantitative estimate of drug-likeness (QED) is 0.242. The minimum Gasteiger partial charge on any atom is -0.467 e. The predicted molar refractivity (Wildman–Crippen MR) is 145 cm³/mol. The molecule has 0 spiro atoms. The number of thioether (sulfide) groups is 1. The van der Waals surface area contributed by atoms with Gasteiger partial charge in [0.15, 0.2) is 5.78 Å². The number of hydrogen-bond acceptors (Lipinski definition) is 6. The normalized spacial score (nSPS) is 14.6. The van der Waals surface area contributed by atoms with Gasteiger partial charge < -0.3 is 14.3 Å². The largest absolute Gasteiger partial charge is 0.467 e. The molecule has 5 rings (SSSR count). The lowest BCUT2D eigenvalue weighted by molar-refractivity contribution is -0.123. The van der Waals surface area contributed by atoms with Gasteiger partial charge in [0.2, 0.25) is 5.91 Å². The highest BCUT2D eigenvalue weighted by Crippen LogP contribution is 2.35. The summed E-state index contributed by atoms with van der Waals surface area (Å²) < 4.78 is 7.14. The molecule has 4 aromatic rings. The maximum Gasteiger partial charge on any atom is 0.293 e. The van der Waals surface area contributed by atoms with Crippen LogP contribution in [0.25, 0.3) is 17.0 Å². The first-order valence-corrected chi connectivity index (χ1v) is 13.0. The number of carbonyl (C=O) groups excluding carboxylic acids is 4. The van der Waals surface area contributed by atoms with E-state index in [2.05, 4.69) is 5.32 Å².